The highest BCUT2D eigenvalue weighted by Crippen LogP contribution is 2.24. The summed E-state index contributed by atoms with van der Waals surface area (Å²) in [6.45, 7) is 7.19. The highest BCUT2D eigenvalue weighted by Gasteiger charge is 2.34. The summed E-state index contributed by atoms with van der Waals surface area (Å²) < 4.78 is 3.89. The van der Waals surface area contributed by atoms with Gasteiger partial charge in [0.25, 0.3) is 0 Å². The molecule has 0 bridgehead atoms. The van der Waals surface area contributed by atoms with Gasteiger partial charge < -0.3 is 9.67 Å². The summed E-state index contributed by atoms with van der Waals surface area (Å²) in [5.74, 6) is 1.06. The van der Waals surface area contributed by atoms with Crippen LogP contribution in [0.1, 0.15) is 38.6 Å². The Kier molecular flexibility index (Phi) is 4.26. The molecule has 0 radical (unpaired) electrons. The molecule has 22 heavy (non-hydrogen) atoms. The standard InChI is InChI=1S/C15H24N6O/c1-13(2)21-9-5-16-14(21)10-19-7-3-4-15(22,11-19)12-20-8-6-17-18-20/h5-6,8-9,13,22H,3-4,7,10-12H2,1-2H3. The van der Waals surface area contributed by atoms with Gasteiger partial charge in [0, 0.05) is 31.2 Å². The van der Waals surface area contributed by atoms with Gasteiger partial charge in [0.2, 0.25) is 0 Å². The summed E-state index contributed by atoms with van der Waals surface area (Å²) in [5, 5.41) is 18.6. The summed E-state index contributed by atoms with van der Waals surface area (Å²) in [6, 6.07) is 0.399. The fraction of sp³-hybridized carbons (Fsp3) is 0.667. The predicted molar refractivity (Wildman–Crippen MR) is 82.1 cm³/mol. The molecule has 1 fully saturated rings. The van der Waals surface area contributed by atoms with Gasteiger partial charge in [-0.1, -0.05) is 5.21 Å². The van der Waals surface area contributed by atoms with Crippen molar-refractivity contribution in [3.8, 4) is 0 Å². The van der Waals surface area contributed by atoms with Crippen molar-refractivity contribution in [2.45, 2.75) is 51.4 Å². The molecule has 0 aliphatic carbocycles. The third-order valence-electron chi connectivity index (χ3n) is 4.23. The van der Waals surface area contributed by atoms with Crippen LogP contribution in [0.25, 0.3) is 0 Å². The largest absolute Gasteiger partial charge is 0.387 e. The zero-order chi connectivity index (χ0) is 15.6. The minimum Gasteiger partial charge on any atom is -0.387 e. The Morgan fingerprint density at radius 3 is 2.91 bits per heavy atom. The third kappa shape index (κ3) is 3.36. The van der Waals surface area contributed by atoms with Gasteiger partial charge in [-0.05, 0) is 33.2 Å². The molecule has 3 heterocycles. The fourth-order valence-corrected chi connectivity index (χ4v) is 3.23. The summed E-state index contributed by atoms with van der Waals surface area (Å²) in [6.07, 6.45) is 9.08. The number of hydrogen-bond donors (Lipinski definition) is 1. The van der Waals surface area contributed by atoms with Crippen molar-refractivity contribution in [2.75, 3.05) is 13.1 Å². The van der Waals surface area contributed by atoms with Gasteiger partial charge in [0.1, 0.15) is 5.82 Å². The fourth-order valence-electron chi connectivity index (χ4n) is 3.23. The Balaban J connectivity index is 1.66. The zero-order valence-corrected chi connectivity index (χ0v) is 13.3. The first-order valence-corrected chi connectivity index (χ1v) is 7.86. The molecule has 0 aromatic carbocycles. The van der Waals surface area contributed by atoms with E-state index in [0.29, 0.717) is 19.1 Å². The Morgan fingerprint density at radius 1 is 1.32 bits per heavy atom. The highest BCUT2D eigenvalue weighted by molar-refractivity contribution is 4.96. The number of piperidine rings is 1. The van der Waals surface area contributed by atoms with E-state index in [-0.39, 0.29) is 0 Å². The molecule has 3 rings (SSSR count). The molecule has 1 aliphatic rings. The van der Waals surface area contributed by atoms with Crippen LogP contribution >= 0.6 is 0 Å². The number of β-amino-alcohol motifs (C(OH)–C–C–N with tert-alkyl or cyclic N) is 1. The molecular weight excluding hydrogens is 280 g/mol. The number of nitrogens with zero attached hydrogens (tertiary/aromatic N) is 6. The SMILES string of the molecule is CC(C)n1ccnc1CN1CCCC(O)(Cn2ccnn2)C1. The van der Waals surface area contributed by atoms with Crippen LogP contribution in [-0.2, 0) is 13.1 Å². The van der Waals surface area contributed by atoms with Gasteiger partial charge >= 0.3 is 0 Å². The Hall–Kier alpha value is -1.73. The average Bonchev–Trinajstić information content (AvgIpc) is 3.09. The van der Waals surface area contributed by atoms with Crippen molar-refractivity contribution in [3.05, 3.63) is 30.6 Å². The number of aromatic nitrogens is 5. The minimum atomic E-state index is -0.749. The molecule has 7 nitrogen and oxygen atoms in total. The van der Waals surface area contributed by atoms with Crippen LogP contribution in [0.15, 0.2) is 24.8 Å². The van der Waals surface area contributed by atoms with Crippen molar-refractivity contribution in [2.24, 2.45) is 0 Å². The maximum Gasteiger partial charge on any atom is 0.123 e. The molecule has 120 valence electrons. The smallest absolute Gasteiger partial charge is 0.123 e. The summed E-state index contributed by atoms with van der Waals surface area (Å²) >= 11 is 0. The van der Waals surface area contributed by atoms with Crippen LogP contribution in [-0.4, -0.2) is 53.2 Å². The number of likely N-dealkylation sites (tertiary alicyclic amines) is 1. The highest BCUT2D eigenvalue weighted by atomic mass is 16.3. The van der Waals surface area contributed by atoms with E-state index in [4.69, 9.17) is 0 Å². The van der Waals surface area contributed by atoms with E-state index in [2.05, 4.69) is 38.6 Å². The maximum atomic E-state index is 10.9. The molecule has 1 aliphatic heterocycles. The quantitative estimate of drug-likeness (QED) is 0.895. The van der Waals surface area contributed by atoms with Gasteiger partial charge in [0.05, 0.1) is 24.9 Å². The predicted octanol–water partition coefficient (Wildman–Crippen LogP) is 1.08. The van der Waals surface area contributed by atoms with Crippen LogP contribution in [0.3, 0.4) is 0 Å². The Bertz CT molecular complexity index is 593. The van der Waals surface area contributed by atoms with Gasteiger partial charge in [-0.25, -0.2) is 9.67 Å². The monoisotopic (exact) mass is 304 g/mol. The molecular formula is C15H24N6O. The normalized spacial score (nSPS) is 23.3. The summed E-state index contributed by atoms with van der Waals surface area (Å²) in [4.78, 5) is 6.75. The first-order valence-electron chi connectivity index (χ1n) is 7.86. The van der Waals surface area contributed by atoms with Gasteiger partial charge in [-0.2, -0.15) is 0 Å². The second-order valence-corrected chi connectivity index (χ2v) is 6.48. The zero-order valence-electron chi connectivity index (χ0n) is 13.3. The third-order valence-corrected chi connectivity index (χ3v) is 4.23. The molecule has 0 saturated carbocycles. The second-order valence-electron chi connectivity index (χ2n) is 6.48. The summed E-state index contributed by atoms with van der Waals surface area (Å²) in [5.41, 5.74) is -0.749. The first-order chi connectivity index (χ1) is 10.6. The summed E-state index contributed by atoms with van der Waals surface area (Å²) in [7, 11) is 0. The Morgan fingerprint density at radius 2 is 2.18 bits per heavy atom. The van der Waals surface area contributed by atoms with E-state index < -0.39 is 5.60 Å². The Labute approximate surface area is 130 Å². The van der Waals surface area contributed by atoms with Crippen LogP contribution in [0.2, 0.25) is 0 Å². The average molecular weight is 304 g/mol. The number of aliphatic hydroxyl groups is 1. The first kappa shape index (κ1) is 15.2. The van der Waals surface area contributed by atoms with E-state index in [9.17, 15) is 5.11 Å². The van der Waals surface area contributed by atoms with Gasteiger partial charge in [-0.15, -0.1) is 5.10 Å². The van der Waals surface area contributed by atoms with Crippen LogP contribution in [0, 0.1) is 0 Å². The molecule has 2 aromatic heterocycles. The lowest BCUT2D eigenvalue weighted by molar-refractivity contribution is -0.0486. The van der Waals surface area contributed by atoms with Crippen LogP contribution in [0.5, 0.6) is 0 Å². The topological polar surface area (TPSA) is 72.0 Å². The molecule has 1 saturated heterocycles. The number of rotatable bonds is 5. The number of imidazole rings is 1. The van der Waals surface area contributed by atoms with E-state index in [1.54, 1.807) is 17.1 Å². The lowest BCUT2D eigenvalue weighted by Gasteiger charge is -2.39. The molecule has 0 spiro atoms. The lowest BCUT2D eigenvalue weighted by atomic mass is 9.93. The van der Waals surface area contributed by atoms with E-state index >= 15 is 0 Å². The maximum absolute atomic E-state index is 10.9. The van der Waals surface area contributed by atoms with E-state index in [0.717, 1.165) is 31.8 Å². The van der Waals surface area contributed by atoms with Gasteiger partial charge in [-0.3, -0.25) is 4.90 Å². The van der Waals surface area contributed by atoms with Crippen molar-refractivity contribution >= 4 is 0 Å². The van der Waals surface area contributed by atoms with Crippen molar-refractivity contribution < 1.29 is 5.11 Å². The van der Waals surface area contributed by atoms with E-state index in [1.165, 1.54) is 0 Å². The number of hydrogen-bond acceptors (Lipinski definition) is 5. The van der Waals surface area contributed by atoms with Crippen molar-refractivity contribution in [1.29, 1.82) is 0 Å². The molecule has 7 heteroatoms. The minimum absolute atomic E-state index is 0.399. The molecule has 0 amide bonds. The molecule has 1 atom stereocenters. The molecule has 1 N–H and O–H groups in total. The van der Waals surface area contributed by atoms with Crippen molar-refractivity contribution in [1.82, 2.24) is 29.4 Å². The second kappa shape index (κ2) is 6.18. The molecule has 2 aromatic rings. The van der Waals surface area contributed by atoms with E-state index in [1.807, 2.05) is 12.4 Å². The van der Waals surface area contributed by atoms with Crippen molar-refractivity contribution in [3.63, 3.8) is 0 Å². The molecule has 1 unspecified atom stereocenters. The van der Waals surface area contributed by atoms with Crippen LogP contribution in [0.4, 0.5) is 0 Å². The van der Waals surface area contributed by atoms with Gasteiger partial charge in [0.15, 0.2) is 0 Å². The van der Waals surface area contributed by atoms with Crippen LogP contribution < -0.4 is 0 Å². The lowest BCUT2D eigenvalue weighted by Crippen LogP contribution is -2.50.